The van der Waals surface area contributed by atoms with Gasteiger partial charge in [-0.15, -0.1) is 0 Å². The lowest BCUT2D eigenvalue weighted by atomic mass is 9.83. The van der Waals surface area contributed by atoms with Crippen molar-refractivity contribution in [1.82, 2.24) is 5.32 Å². The largest absolute Gasteiger partial charge is 0.312 e. The maximum atomic E-state index is 3.84. The summed E-state index contributed by atoms with van der Waals surface area (Å²) in [5.41, 5.74) is 3.08. The highest BCUT2D eigenvalue weighted by Crippen LogP contribution is 2.30. The molecule has 1 aliphatic carbocycles. The molecular weight excluding hydrogens is 262 g/mol. The Labute approximate surface area is 106 Å². The standard InChI is InChI=1S/C14H18BrN/c1-11(15)9-16-10-13-7-4-6-12-5-2-3-8-14(12)13/h2-3,5,8,13,16H,1,4,6-7,9-10H2. The molecule has 2 rings (SSSR count). The van der Waals surface area contributed by atoms with Crippen molar-refractivity contribution in [2.75, 3.05) is 13.1 Å². The molecule has 0 aliphatic heterocycles. The van der Waals surface area contributed by atoms with Crippen LogP contribution < -0.4 is 5.32 Å². The van der Waals surface area contributed by atoms with E-state index < -0.39 is 0 Å². The minimum absolute atomic E-state index is 0.678. The first-order valence-corrected chi connectivity index (χ1v) is 6.68. The molecule has 0 saturated carbocycles. The predicted octanol–water partition coefficient (Wildman–Crippen LogP) is 3.60. The summed E-state index contributed by atoms with van der Waals surface area (Å²) in [4.78, 5) is 0. The van der Waals surface area contributed by atoms with Crippen LogP contribution in [0.3, 0.4) is 0 Å². The lowest BCUT2D eigenvalue weighted by molar-refractivity contribution is 0.520. The summed E-state index contributed by atoms with van der Waals surface area (Å²) in [6, 6.07) is 8.85. The zero-order chi connectivity index (χ0) is 11.4. The lowest BCUT2D eigenvalue weighted by Gasteiger charge is -2.25. The van der Waals surface area contributed by atoms with E-state index in [1.54, 1.807) is 11.1 Å². The predicted molar refractivity (Wildman–Crippen MR) is 73.1 cm³/mol. The van der Waals surface area contributed by atoms with Gasteiger partial charge in [0, 0.05) is 17.6 Å². The number of rotatable bonds is 4. The second-order valence-electron chi connectivity index (χ2n) is 4.44. The average Bonchev–Trinajstić information content (AvgIpc) is 2.29. The first-order valence-electron chi connectivity index (χ1n) is 5.89. The number of hydrogen-bond donors (Lipinski definition) is 1. The SMILES string of the molecule is C=C(Br)CNCC1CCCc2ccccc21. The third-order valence-corrected chi connectivity index (χ3v) is 3.48. The minimum Gasteiger partial charge on any atom is -0.312 e. The molecule has 86 valence electrons. The molecule has 2 heteroatoms. The van der Waals surface area contributed by atoms with Gasteiger partial charge in [-0.3, -0.25) is 0 Å². The summed E-state index contributed by atoms with van der Waals surface area (Å²) in [5.74, 6) is 0.678. The Bertz CT molecular complexity index is 373. The van der Waals surface area contributed by atoms with Crippen LogP contribution >= 0.6 is 15.9 Å². The Kier molecular flexibility index (Phi) is 4.19. The van der Waals surface area contributed by atoms with Gasteiger partial charge in [-0.25, -0.2) is 0 Å². The Morgan fingerprint density at radius 3 is 3.06 bits per heavy atom. The number of nitrogens with one attached hydrogen (secondary N) is 1. The van der Waals surface area contributed by atoms with Crippen LogP contribution in [0.5, 0.6) is 0 Å². The maximum Gasteiger partial charge on any atom is 0.0265 e. The summed E-state index contributed by atoms with van der Waals surface area (Å²) < 4.78 is 1.02. The van der Waals surface area contributed by atoms with E-state index in [1.165, 1.54) is 19.3 Å². The summed E-state index contributed by atoms with van der Waals surface area (Å²) in [5, 5.41) is 3.45. The van der Waals surface area contributed by atoms with Crippen molar-refractivity contribution in [1.29, 1.82) is 0 Å². The number of fused-ring (bicyclic) bond motifs is 1. The first kappa shape index (κ1) is 11.9. The molecular formula is C14H18BrN. The van der Waals surface area contributed by atoms with Gasteiger partial charge in [0.1, 0.15) is 0 Å². The van der Waals surface area contributed by atoms with Gasteiger partial charge in [0.2, 0.25) is 0 Å². The van der Waals surface area contributed by atoms with Gasteiger partial charge >= 0.3 is 0 Å². The number of aryl methyl sites for hydroxylation is 1. The molecule has 0 radical (unpaired) electrons. The molecule has 1 aromatic carbocycles. The highest BCUT2D eigenvalue weighted by atomic mass is 79.9. The molecule has 1 N–H and O–H groups in total. The molecule has 0 bridgehead atoms. The van der Waals surface area contributed by atoms with Gasteiger partial charge in [0.15, 0.2) is 0 Å². The first-order chi connectivity index (χ1) is 7.77. The zero-order valence-electron chi connectivity index (χ0n) is 9.51. The third-order valence-electron chi connectivity index (χ3n) is 3.20. The van der Waals surface area contributed by atoms with Crippen LogP contribution in [0.2, 0.25) is 0 Å². The van der Waals surface area contributed by atoms with Gasteiger partial charge < -0.3 is 5.32 Å². The average molecular weight is 280 g/mol. The van der Waals surface area contributed by atoms with Crippen molar-refractivity contribution in [2.24, 2.45) is 0 Å². The van der Waals surface area contributed by atoms with Gasteiger partial charge in [-0.2, -0.15) is 0 Å². The van der Waals surface area contributed by atoms with Gasteiger partial charge in [-0.05, 0) is 36.3 Å². The summed E-state index contributed by atoms with van der Waals surface area (Å²) in [6.45, 7) is 5.75. The fraction of sp³-hybridized carbons (Fsp3) is 0.429. The van der Waals surface area contributed by atoms with Crippen LogP contribution in [0.25, 0.3) is 0 Å². The van der Waals surface area contributed by atoms with Crippen molar-refractivity contribution >= 4 is 15.9 Å². The fourth-order valence-electron chi connectivity index (χ4n) is 2.45. The smallest absolute Gasteiger partial charge is 0.0265 e. The molecule has 0 spiro atoms. The monoisotopic (exact) mass is 279 g/mol. The molecule has 0 amide bonds. The molecule has 0 heterocycles. The Morgan fingerprint density at radius 2 is 2.25 bits per heavy atom. The zero-order valence-corrected chi connectivity index (χ0v) is 11.1. The van der Waals surface area contributed by atoms with Crippen LogP contribution in [0.15, 0.2) is 35.3 Å². The normalized spacial score (nSPS) is 19.2. The number of benzene rings is 1. The molecule has 1 atom stereocenters. The molecule has 1 nitrogen and oxygen atoms in total. The fourth-order valence-corrected chi connectivity index (χ4v) is 2.65. The van der Waals surface area contributed by atoms with Crippen molar-refractivity contribution < 1.29 is 0 Å². The van der Waals surface area contributed by atoms with E-state index >= 15 is 0 Å². The van der Waals surface area contributed by atoms with Crippen LogP contribution in [-0.4, -0.2) is 13.1 Å². The summed E-state index contributed by atoms with van der Waals surface area (Å²) in [7, 11) is 0. The van der Waals surface area contributed by atoms with Crippen molar-refractivity contribution in [2.45, 2.75) is 25.2 Å². The topological polar surface area (TPSA) is 12.0 Å². The third kappa shape index (κ3) is 2.96. The molecule has 1 aromatic rings. The molecule has 16 heavy (non-hydrogen) atoms. The van der Waals surface area contributed by atoms with E-state index in [0.29, 0.717) is 5.92 Å². The second-order valence-corrected chi connectivity index (χ2v) is 5.56. The summed E-state index contributed by atoms with van der Waals surface area (Å²) in [6.07, 6.45) is 3.87. The van der Waals surface area contributed by atoms with E-state index in [1.807, 2.05) is 0 Å². The van der Waals surface area contributed by atoms with Crippen LogP contribution in [0.1, 0.15) is 29.9 Å². The van der Waals surface area contributed by atoms with Gasteiger partial charge in [-0.1, -0.05) is 46.8 Å². The van der Waals surface area contributed by atoms with Crippen molar-refractivity contribution in [3.63, 3.8) is 0 Å². The lowest BCUT2D eigenvalue weighted by Crippen LogP contribution is -2.25. The molecule has 1 unspecified atom stereocenters. The van der Waals surface area contributed by atoms with Crippen LogP contribution in [0.4, 0.5) is 0 Å². The molecule has 0 saturated heterocycles. The van der Waals surface area contributed by atoms with E-state index in [0.717, 1.165) is 17.6 Å². The number of halogens is 1. The van der Waals surface area contributed by atoms with Crippen molar-refractivity contribution in [3.05, 3.63) is 46.5 Å². The summed E-state index contributed by atoms with van der Waals surface area (Å²) >= 11 is 3.37. The van der Waals surface area contributed by atoms with E-state index in [2.05, 4.69) is 52.1 Å². The maximum absolute atomic E-state index is 3.84. The van der Waals surface area contributed by atoms with Crippen molar-refractivity contribution in [3.8, 4) is 0 Å². The quantitative estimate of drug-likeness (QED) is 0.888. The minimum atomic E-state index is 0.678. The van der Waals surface area contributed by atoms with Crippen LogP contribution in [0, 0.1) is 0 Å². The van der Waals surface area contributed by atoms with Gasteiger partial charge in [0.25, 0.3) is 0 Å². The molecule has 1 aliphatic rings. The Balaban J connectivity index is 1.99. The Hall–Kier alpha value is -0.600. The highest BCUT2D eigenvalue weighted by Gasteiger charge is 2.18. The van der Waals surface area contributed by atoms with Gasteiger partial charge in [0.05, 0.1) is 0 Å². The van der Waals surface area contributed by atoms with E-state index in [-0.39, 0.29) is 0 Å². The molecule has 0 fully saturated rings. The number of hydrogen-bond acceptors (Lipinski definition) is 1. The van der Waals surface area contributed by atoms with E-state index in [4.69, 9.17) is 0 Å². The Morgan fingerprint density at radius 1 is 1.44 bits per heavy atom. The van der Waals surface area contributed by atoms with E-state index in [9.17, 15) is 0 Å². The second kappa shape index (κ2) is 5.65. The molecule has 0 aromatic heterocycles. The highest BCUT2D eigenvalue weighted by molar-refractivity contribution is 9.11. The van der Waals surface area contributed by atoms with Crippen LogP contribution in [-0.2, 0) is 6.42 Å².